The van der Waals surface area contributed by atoms with Crippen molar-refractivity contribution in [2.75, 3.05) is 11.9 Å². The van der Waals surface area contributed by atoms with Crippen molar-refractivity contribution < 1.29 is 9.59 Å². The van der Waals surface area contributed by atoms with Crippen LogP contribution in [0, 0.1) is 6.92 Å². The molecule has 1 N–H and O–H groups in total. The van der Waals surface area contributed by atoms with Gasteiger partial charge in [0.05, 0.1) is 0 Å². The summed E-state index contributed by atoms with van der Waals surface area (Å²) in [5.74, 6) is -0.129. The van der Waals surface area contributed by atoms with Gasteiger partial charge >= 0.3 is 0 Å². The smallest absolute Gasteiger partial charge is 0.254 e. The summed E-state index contributed by atoms with van der Waals surface area (Å²) in [7, 11) is 0. The maximum atomic E-state index is 12.8. The van der Waals surface area contributed by atoms with Gasteiger partial charge in [-0.1, -0.05) is 30.3 Å². The molecule has 0 spiro atoms. The molecule has 1 aliphatic heterocycles. The van der Waals surface area contributed by atoms with E-state index in [1.54, 1.807) is 6.07 Å². The van der Waals surface area contributed by atoms with Crippen LogP contribution in [0.25, 0.3) is 0 Å². The zero-order chi connectivity index (χ0) is 16.4. The molecule has 0 radical (unpaired) electrons. The van der Waals surface area contributed by atoms with Gasteiger partial charge in [0.2, 0.25) is 5.91 Å². The molecule has 3 rings (SSSR count). The number of carbonyl (C=O) groups excluding carboxylic acids is 2. The third-order valence-electron chi connectivity index (χ3n) is 4.21. The lowest BCUT2D eigenvalue weighted by Gasteiger charge is -2.29. The second-order valence-corrected chi connectivity index (χ2v) is 5.96. The maximum Gasteiger partial charge on any atom is 0.254 e. The predicted molar refractivity (Wildman–Crippen MR) is 90.4 cm³/mol. The van der Waals surface area contributed by atoms with Crippen LogP contribution < -0.4 is 5.32 Å². The number of nitrogens with zero attached hydrogens (tertiary/aromatic N) is 1. The van der Waals surface area contributed by atoms with E-state index in [1.807, 2.05) is 36.1 Å². The number of anilines is 1. The van der Waals surface area contributed by atoms with E-state index in [0.29, 0.717) is 17.8 Å². The normalized spacial score (nSPS) is 13.4. The minimum absolute atomic E-state index is 0.00565. The van der Waals surface area contributed by atoms with Gasteiger partial charge in [-0.2, -0.15) is 0 Å². The molecule has 2 aromatic rings. The zero-order valence-corrected chi connectivity index (χ0v) is 13.4. The Labute approximate surface area is 136 Å². The highest BCUT2D eigenvalue weighted by Crippen LogP contribution is 2.22. The highest BCUT2D eigenvalue weighted by molar-refractivity contribution is 5.97. The molecule has 0 aliphatic carbocycles. The van der Waals surface area contributed by atoms with Crippen LogP contribution in [0.4, 0.5) is 5.69 Å². The lowest BCUT2D eigenvalue weighted by atomic mass is 9.99. The molecule has 23 heavy (non-hydrogen) atoms. The molecule has 0 aromatic heterocycles. The van der Waals surface area contributed by atoms with Crippen LogP contribution in [0.5, 0.6) is 0 Å². The van der Waals surface area contributed by atoms with Crippen molar-refractivity contribution in [1.29, 1.82) is 0 Å². The van der Waals surface area contributed by atoms with Crippen LogP contribution in [-0.4, -0.2) is 23.3 Å². The molecule has 0 unspecified atom stereocenters. The largest absolute Gasteiger partial charge is 0.334 e. The first-order chi connectivity index (χ1) is 11.0. The second-order valence-electron chi connectivity index (χ2n) is 5.96. The first-order valence-electron chi connectivity index (χ1n) is 7.79. The number of fused-ring (bicyclic) bond motifs is 1. The van der Waals surface area contributed by atoms with Crippen molar-refractivity contribution in [2.24, 2.45) is 0 Å². The van der Waals surface area contributed by atoms with E-state index >= 15 is 0 Å². The molecular formula is C19H20N2O2. The van der Waals surface area contributed by atoms with Crippen LogP contribution in [0.2, 0.25) is 0 Å². The highest BCUT2D eigenvalue weighted by atomic mass is 16.2. The van der Waals surface area contributed by atoms with Gasteiger partial charge in [-0.05, 0) is 42.2 Å². The van der Waals surface area contributed by atoms with Crippen LogP contribution in [0.1, 0.15) is 34.0 Å². The number of carbonyl (C=O) groups is 2. The van der Waals surface area contributed by atoms with Crippen molar-refractivity contribution in [1.82, 2.24) is 4.90 Å². The summed E-state index contributed by atoms with van der Waals surface area (Å²) in [5, 5.41) is 2.78. The number of benzene rings is 2. The van der Waals surface area contributed by atoms with E-state index in [4.69, 9.17) is 0 Å². The monoisotopic (exact) mass is 308 g/mol. The molecule has 2 aromatic carbocycles. The molecule has 4 heteroatoms. The summed E-state index contributed by atoms with van der Waals surface area (Å²) in [5.41, 5.74) is 4.78. The molecule has 4 nitrogen and oxygen atoms in total. The quantitative estimate of drug-likeness (QED) is 0.926. The number of nitrogens with one attached hydrogen (secondary N) is 1. The molecule has 0 fully saturated rings. The van der Waals surface area contributed by atoms with Crippen molar-refractivity contribution in [2.45, 2.75) is 26.8 Å². The summed E-state index contributed by atoms with van der Waals surface area (Å²) in [6.07, 6.45) is 0.881. The third-order valence-corrected chi connectivity index (χ3v) is 4.21. The third kappa shape index (κ3) is 3.26. The molecule has 0 saturated carbocycles. The van der Waals surface area contributed by atoms with Gasteiger partial charge in [0.25, 0.3) is 5.91 Å². The summed E-state index contributed by atoms with van der Waals surface area (Å²) < 4.78 is 0. The summed E-state index contributed by atoms with van der Waals surface area (Å²) >= 11 is 0. The number of rotatable bonds is 2. The lowest BCUT2D eigenvalue weighted by molar-refractivity contribution is -0.114. The van der Waals surface area contributed by atoms with Gasteiger partial charge < -0.3 is 10.2 Å². The molecule has 1 heterocycles. The molecule has 1 aliphatic rings. The minimum atomic E-state index is -0.135. The predicted octanol–water partition coefficient (Wildman–Crippen LogP) is 3.15. The summed E-state index contributed by atoms with van der Waals surface area (Å²) in [4.78, 5) is 25.9. The van der Waals surface area contributed by atoms with E-state index < -0.39 is 0 Å². The van der Waals surface area contributed by atoms with Crippen LogP contribution in [-0.2, 0) is 17.8 Å². The van der Waals surface area contributed by atoms with Gasteiger partial charge in [-0.15, -0.1) is 0 Å². The maximum absolute atomic E-state index is 12.8. The highest BCUT2D eigenvalue weighted by Gasteiger charge is 2.22. The van der Waals surface area contributed by atoms with E-state index in [0.717, 1.165) is 18.5 Å². The fraction of sp³-hybridized carbons (Fsp3) is 0.263. The number of hydrogen-bond acceptors (Lipinski definition) is 2. The van der Waals surface area contributed by atoms with Gasteiger partial charge in [0.1, 0.15) is 0 Å². The zero-order valence-electron chi connectivity index (χ0n) is 13.4. The Hall–Kier alpha value is -2.62. The number of hydrogen-bond donors (Lipinski definition) is 1. The van der Waals surface area contributed by atoms with Gasteiger partial charge in [-0.3, -0.25) is 9.59 Å². The molecule has 2 amide bonds. The Morgan fingerprint density at radius 3 is 2.57 bits per heavy atom. The minimum Gasteiger partial charge on any atom is -0.334 e. The molecule has 0 bridgehead atoms. The Kier molecular flexibility index (Phi) is 4.15. The van der Waals surface area contributed by atoms with E-state index in [2.05, 4.69) is 17.4 Å². The summed E-state index contributed by atoms with van der Waals surface area (Å²) in [6, 6.07) is 13.7. The standard InChI is InChI=1S/C19H20N2O2/c1-13-7-8-16(11-18(13)20-14(2)22)19(23)21-10-9-15-5-3-4-6-17(15)12-21/h3-8,11H,9-10,12H2,1-2H3,(H,20,22). The van der Waals surface area contributed by atoms with Crippen molar-refractivity contribution in [3.63, 3.8) is 0 Å². The van der Waals surface area contributed by atoms with E-state index in [1.165, 1.54) is 18.1 Å². The Morgan fingerprint density at radius 2 is 1.83 bits per heavy atom. The molecule has 118 valence electrons. The SMILES string of the molecule is CC(=O)Nc1cc(C(=O)N2CCc3ccccc3C2)ccc1C. The Bertz CT molecular complexity index is 768. The average molecular weight is 308 g/mol. The molecule has 0 atom stereocenters. The first-order valence-corrected chi connectivity index (χ1v) is 7.79. The fourth-order valence-electron chi connectivity index (χ4n) is 2.93. The second kappa shape index (κ2) is 6.24. The number of aryl methyl sites for hydroxylation is 1. The number of amides is 2. The van der Waals surface area contributed by atoms with Gasteiger partial charge in [0.15, 0.2) is 0 Å². The van der Waals surface area contributed by atoms with Gasteiger partial charge in [0, 0.05) is 31.3 Å². The van der Waals surface area contributed by atoms with Crippen molar-refractivity contribution in [3.8, 4) is 0 Å². The van der Waals surface area contributed by atoms with Gasteiger partial charge in [-0.25, -0.2) is 0 Å². The average Bonchev–Trinajstić information content (AvgIpc) is 2.55. The van der Waals surface area contributed by atoms with Crippen molar-refractivity contribution >= 4 is 17.5 Å². The Morgan fingerprint density at radius 1 is 1.09 bits per heavy atom. The Balaban J connectivity index is 1.83. The van der Waals surface area contributed by atoms with E-state index in [-0.39, 0.29) is 11.8 Å². The molecule has 0 saturated heterocycles. The topological polar surface area (TPSA) is 49.4 Å². The first kappa shape index (κ1) is 15.3. The van der Waals surface area contributed by atoms with Crippen molar-refractivity contribution in [3.05, 3.63) is 64.7 Å². The summed E-state index contributed by atoms with van der Waals surface area (Å²) in [6.45, 7) is 4.74. The van der Waals surface area contributed by atoms with Crippen LogP contribution in [0.15, 0.2) is 42.5 Å². The van der Waals surface area contributed by atoms with Crippen LogP contribution in [0.3, 0.4) is 0 Å². The van der Waals surface area contributed by atoms with Crippen LogP contribution >= 0.6 is 0 Å². The fourth-order valence-corrected chi connectivity index (χ4v) is 2.93. The lowest BCUT2D eigenvalue weighted by Crippen LogP contribution is -2.36. The van der Waals surface area contributed by atoms with E-state index in [9.17, 15) is 9.59 Å². The molecular weight excluding hydrogens is 288 g/mol.